The fraction of sp³-hybridized carbons (Fsp3) is 0.235. The monoisotopic (exact) mass is 312 g/mol. The molecule has 0 radical (unpaired) electrons. The van der Waals surface area contributed by atoms with Crippen LogP contribution >= 0.6 is 0 Å². The molecule has 0 fully saturated rings. The summed E-state index contributed by atoms with van der Waals surface area (Å²) in [5.74, 6) is -1.02. The molecular formula is C17H16N2O4. The van der Waals surface area contributed by atoms with Crippen molar-refractivity contribution in [1.29, 1.82) is 0 Å². The molecule has 0 spiro atoms. The summed E-state index contributed by atoms with van der Waals surface area (Å²) in [5.41, 5.74) is 2.87. The zero-order chi connectivity index (χ0) is 16.7. The Labute approximate surface area is 132 Å². The first-order valence-electron chi connectivity index (χ1n) is 7.29. The van der Waals surface area contributed by atoms with Gasteiger partial charge in [0.2, 0.25) is 5.71 Å². The van der Waals surface area contributed by atoms with Gasteiger partial charge in [0.05, 0.1) is 22.3 Å². The minimum atomic E-state index is -1.02. The molecule has 1 N–H and O–H groups in total. The van der Waals surface area contributed by atoms with Crippen LogP contribution in [0, 0.1) is 13.8 Å². The molecule has 6 nitrogen and oxygen atoms in total. The number of carboxylic acid groups (broad SMARTS) is 1. The van der Waals surface area contributed by atoms with Crippen molar-refractivity contribution >= 4 is 17.1 Å². The van der Waals surface area contributed by atoms with Gasteiger partial charge in [-0.25, -0.2) is 9.59 Å². The van der Waals surface area contributed by atoms with Crippen LogP contribution in [0.4, 0.5) is 0 Å². The molecule has 2 heterocycles. The first kappa shape index (κ1) is 15.0. The van der Waals surface area contributed by atoms with Crippen LogP contribution in [0.3, 0.4) is 0 Å². The minimum Gasteiger partial charge on any atom is -0.478 e. The molecule has 0 atom stereocenters. The fourth-order valence-electron chi connectivity index (χ4n) is 2.84. The highest BCUT2D eigenvalue weighted by molar-refractivity contribution is 5.88. The molecule has 6 heteroatoms. The van der Waals surface area contributed by atoms with E-state index >= 15 is 0 Å². The van der Waals surface area contributed by atoms with Gasteiger partial charge in [0.15, 0.2) is 0 Å². The van der Waals surface area contributed by atoms with Gasteiger partial charge in [0.25, 0.3) is 0 Å². The number of aryl methyl sites for hydroxylation is 2. The lowest BCUT2D eigenvalue weighted by Gasteiger charge is -2.05. The van der Waals surface area contributed by atoms with Gasteiger partial charge in [-0.15, -0.1) is 0 Å². The van der Waals surface area contributed by atoms with Crippen LogP contribution in [-0.4, -0.2) is 20.9 Å². The second-order valence-electron chi connectivity index (χ2n) is 5.38. The number of aromatic carboxylic acids is 1. The molecule has 0 aliphatic carbocycles. The molecule has 0 amide bonds. The minimum absolute atomic E-state index is 0.146. The van der Waals surface area contributed by atoms with Gasteiger partial charge < -0.3 is 9.52 Å². The maximum absolute atomic E-state index is 12.2. The number of benzene rings is 1. The molecule has 1 aromatic carbocycles. The Balaban J connectivity index is 2.34. The number of carbonyl (C=O) groups is 1. The van der Waals surface area contributed by atoms with E-state index in [0.717, 1.165) is 16.6 Å². The van der Waals surface area contributed by atoms with E-state index < -0.39 is 5.97 Å². The maximum atomic E-state index is 12.2. The highest BCUT2D eigenvalue weighted by Crippen LogP contribution is 2.25. The molecule has 0 aliphatic rings. The maximum Gasteiger partial charge on any atom is 0.341 e. The van der Waals surface area contributed by atoms with Gasteiger partial charge in [-0.3, -0.25) is 0 Å². The number of hydrogen-bond donors (Lipinski definition) is 1. The molecule has 0 unspecified atom stereocenters. The number of rotatable bonds is 3. The van der Waals surface area contributed by atoms with Crippen molar-refractivity contribution in [2.75, 3.05) is 0 Å². The van der Waals surface area contributed by atoms with E-state index in [1.54, 1.807) is 12.1 Å². The van der Waals surface area contributed by atoms with E-state index in [9.17, 15) is 9.59 Å². The van der Waals surface area contributed by atoms with Crippen LogP contribution in [0.2, 0.25) is 0 Å². The highest BCUT2D eigenvalue weighted by Gasteiger charge is 2.18. The van der Waals surface area contributed by atoms with Gasteiger partial charge in [-0.1, -0.05) is 13.0 Å². The molecule has 0 bridgehead atoms. The molecule has 0 aliphatic heterocycles. The Kier molecular flexibility index (Phi) is 3.52. The Morgan fingerprint density at radius 1 is 1.35 bits per heavy atom. The van der Waals surface area contributed by atoms with Crippen molar-refractivity contribution in [3.8, 4) is 5.69 Å². The zero-order valence-corrected chi connectivity index (χ0v) is 13.1. The summed E-state index contributed by atoms with van der Waals surface area (Å²) in [5, 5.41) is 14.4. The quantitative estimate of drug-likeness (QED) is 0.803. The van der Waals surface area contributed by atoms with E-state index in [-0.39, 0.29) is 11.2 Å². The summed E-state index contributed by atoms with van der Waals surface area (Å²) in [6.45, 7) is 5.62. The van der Waals surface area contributed by atoms with Crippen LogP contribution in [0.1, 0.15) is 34.1 Å². The lowest BCUT2D eigenvalue weighted by atomic mass is 10.1. The van der Waals surface area contributed by atoms with Crippen molar-refractivity contribution < 1.29 is 14.3 Å². The van der Waals surface area contributed by atoms with E-state index in [0.29, 0.717) is 23.4 Å². The van der Waals surface area contributed by atoms with Crippen molar-refractivity contribution in [3.05, 3.63) is 57.1 Å². The third-order valence-corrected chi connectivity index (χ3v) is 3.97. The van der Waals surface area contributed by atoms with Crippen LogP contribution in [0.15, 0.2) is 33.5 Å². The average molecular weight is 312 g/mol. The van der Waals surface area contributed by atoms with Gasteiger partial charge in [0.1, 0.15) is 0 Å². The molecule has 3 rings (SSSR count). The Morgan fingerprint density at radius 2 is 2.09 bits per heavy atom. The van der Waals surface area contributed by atoms with Crippen molar-refractivity contribution in [2.45, 2.75) is 27.2 Å². The van der Waals surface area contributed by atoms with Gasteiger partial charge >= 0.3 is 11.6 Å². The van der Waals surface area contributed by atoms with Crippen molar-refractivity contribution in [1.82, 2.24) is 9.78 Å². The van der Waals surface area contributed by atoms with Crippen LogP contribution < -0.4 is 5.63 Å². The second-order valence-corrected chi connectivity index (χ2v) is 5.38. The van der Waals surface area contributed by atoms with Gasteiger partial charge in [0, 0.05) is 5.56 Å². The lowest BCUT2D eigenvalue weighted by Crippen LogP contribution is -2.10. The van der Waals surface area contributed by atoms with Gasteiger partial charge in [-0.2, -0.15) is 9.78 Å². The molecule has 118 valence electrons. The summed E-state index contributed by atoms with van der Waals surface area (Å²) >= 11 is 0. The topological polar surface area (TPSA) is 85.3 Å². The molecule has 3 aromatic rings. The fourth-order valence-corrected chi connectivity index (χ4v) is 2.84. The van der Waals surface area contributed by atoms with Crippen molar-refractivity contribution in [2.24, 2.45) is 0 Å². The zero-order valence-electron chi connectivity index (χ0n) is 13.1. The molecule has 23 heavy (non-hydrogen) atoms. The second kappa shape index (κ2) is 5.39. The first-order chi connectivity index (χ1) is 10.9. The first-order valence-corrected chi connectivity index (χ1v) is 7.29. The Hall–Kier alpha value is -2.89. The summed E-state index contributed by atoms with van der Waals surface area (Å²) in [7, 11) is 0. The largest absolute Gasteiger partial charge is 0.478 e. The third kappa shape index (κ3) is 2.32. The summed E-state index contributed by atoms with van der Waals surface area (Å²) < 4.78 is 6.95. The summed E-state index contributed by atoms with van der Waals surface area (Å²) in [4.78, 5) is 23.3. The van der Waals surface area contributed by atoms with E-state index in [1.807, 2.05) is 20.8 Å². The number of fused-ring (bicyclic) bond motifs is 1. The number of aromatic nitrogens is 2. The highest BCUT2D eigenvalue weighted by atomic mass is 16.4. The smallest absolute Gasteiger partial charge is 0.341 e. The number of nitrogens with zero attached hydrogens (tertiary/aromatic N) is 2. The van der Waals surface area contributed by atoms with Crippen LogP contribution in [0.5, 0.6) is 0 Å². The van der Waals surface area contributed by atoms with Crippen LogP contribution in [0.25, 0.3) is 16.8 Å². The Morgan fingerprint density at radius 3 is 2.74 bits per heavy atom. The summed E-state index contributed by atoms with van der Waals surface area (Å²) in [6, 6.07) is 6.35. The van der Waals surface area contributed by atoms with E-state index in [2.05, 4.69) is 5.10 Å². The predicted molar refractivity (Wildman–Crippen MR) is 85.4 cm³/mol. The van der Waals surface area contributed by atoms with E-state index in [1.165, 1.54) is 16.8 Å². The summed E-state index contributed by atoms with van der Waals surface area (Å²) in [6.07, 6.45) is 0.587. The molecular weight excluding hydrogens is 296 g/mol. The Bertz CT molecular complexity index is 982. The normalized spacial score (nSPS) is 11.1. The predicted octanol–water partition coefficient (Wildman–Crippen LogP) is 2.86. The standard InChI is InChI=1S/C17H16N2O4/c1-4-13-9(2)14-10(3)18-19(15(14)23-17(13)22)12-7-5-6-11(8-12)16(20)21/h5-8H,4H2,1-3H3,(H,20,21). The molecule has 0 saturated carbocycles. The average Bonchev–Trinajstić information content (AvgIpc) is 2.84. The number of hydrogen-bond acceptors (Lipinski definition) is 4. The third-order valence-electron chi connectivity index (χ3n) is 3.97. The SMILES string of the molecule is CCc1c(C)c2c(C)nn(-c3cccc(C(=O)O)c3)c2oc1=O. The van der Waals surface area contributed by atoms with Crippen molar-refractivity contribution in [3.63, 3.8) is 0 Å². The lowest BCUT2D eigenvalue weighted by molar-refractivity contribution is 0.0697. The molecule has 2 aromatic heterocycles. The van der Waals surface area contributed by atoms with Gasteiger partial charge in [-0.05, 0) is 44.0 Å². The molecule has 0 saturated heterocycles. The van der Waals surface area contributed by atoms with Crippen LogP contribution in [-0.2, 0) is 6.42 Å². The van der Waals surface area contributed by atoms with E-state index in [4.69, 9.17) is 9.52 Å². The number of carboxylic acids is 1.